The highest BCUT2D eigenvalue weighted by molar-refractivity contribution is 7.91. The molecular weight excluding hydrogens is 422 g/mol. The molecule has 0 aliphatic rings. The third-order valence-corrected chi connectivity index (χ3v) is 8.50. The van der Waals surface area contributed by atoms with Crippen LogP contribution in [-0.2, 0) is 19.9 Å². The molecule has 0 radical (unpaired) electrons. The quantitative estimate of drug-likeness (QED) is 0.478. The van der Waals surface area contributed by atoms with Gasteiger partial charge in [0.2, 0.25) is 10.0 Å². The van der Waals surface area contributed by atoms with E-state index in [0.717, 1.165) is 0 Å². The summed E-state index contributed by atoms with van der Waals surface area (Å²) in [6, 6.07) is 14.7. The van der Waals surface area contributed by atoms with Gasteiger partial charge in [0, 0.05) is 36.3 Å². The van der Waals surface area contributed by atoms with Crippen LogP contribution in [0.1, 0.15) is 12.8 Å². The molecule has 160 valence electrons. The average Bonchev–Trinajstić information content (AvgIpc) is 2.76. The summed E-state index contributed by atoms with van der Waals surface area (Å²) in [5.74, 6) is -0.300. The number of nitrogens with two attached hydrogens (primary N) is 1. The molecule has 30 heavy (non-hydrogen) atoms. The molecule has 3 rings (SSSR count). The van der Waals surface area contributed by atoms with Crippen molar-refractivity contribution in [3.05, 3.63) is 67.0 Å². The number of benzene rings is 2. The molecule has 2 aromatic carbocycles. The molecule has 9 heteroatoms. The number of nitrogens with zero attached hydrogens (tertiary/aromatic N) is 2. The van der Waals surface area contributed by atoms with Crippen molar-refractivity contribution in [3.8, 4) is 0 Å². The number of hydrogen-bond donors (Lipinski definition) is 1. The maximum absolute atomic E-state index is 13.5. The Morgan fingerprint density at radius 2 is 1.63 bits per heavy atom. The van der Waals surface area contributed by atoms with Crippen LogP contribution in [0.4, 0.5) is 0 Å². The zero-order chi connectivity index (χ0) is 21.6. The van der Waals surface area contributed by atoms with Crippen LogP contribution in [-0.4, -0.2) is 51.5 Å². The Bertz CT molecular complexity index is 1190. The monoisotopic (exact) mass is 447 g/mol. The Morgan fingerprint density at radius 1 is 0.867 bits per heavy atom. The van der Waals surface area contributed by atoms with Crippen LogP contribution in [0.2, 0.25) is 0 Å². The maximum Gasteiger partial charge on any atom is 0.243 e. The number of fused-ring (bicyclic) bond motifs is 1. The second-order valence-electron chi connectivity index (χ2n) is 6.88. The zero-order valence-corrected chi connectivity index (χ0v) is 18.1. The van der Waals surface area contributed by atoms with Gasteiger partial charge in [0.05, 0.1) is 15.5 Å². The van der Waals surface area contributed by atoms with E-state index in [2.05, 4.69) is 4.98 Å². The van der Waals surface area contributed by atoms with Gasteiger partial charge in [-0.2, -0.15) is 4.31 Å². The van der Waals surface area contributed by atoms with Gasteiger partial charge >= 0.3 is 0 Å². The van der Waals surface area contributed by atoms with E-state index >= 15 is 0 Å². The molecule has 0 bridgehead atoms. The molecule has 0 unspecified atom stereocenters. The Labute approximate surface area is 177 Å². The van der Waals surface area contributed by atoms with Crippen molar-refractivity contribution >= 4 is 30.6 Å². The molecule has 0 atom stereocenters. The van der Waals surface area contributed by atoms with Crippen molar-refractivity contribution in [2.24, 2.45) is 5.73 Å². The average molecular weight is 448 g/mol. The van der Waals surface area contributed by atoms with Gasteiger partial charge < -0.3 is 5.73 Å². The van der Waals surface area contributed by atoms with Gasteiger partial charge in [0.1, 0.15) is 0 Å². The normalized spacial score (nSPS) is 12.5. The molecular formula is C21H25N3O4S2. The third-order valence-electron chi connectivity index (χ3n) is 4.83. The van der Waals surface area contributed by atoms with Crippen molar-refractivity contribution in [2.45, 2.75) is 22.6 Å². The standard InChI is InChI=1S/C21H25N3O4S2/c22-12-4-5-14-24(15-16-29(25,26)19-8-2-1-3-9-19)30(27,28)21-10-6-7-18-17-23-13-11-20(18)21/h1-3,6-11,13,17H,4-5,12,14-16,22H2. The van der Waals surface area contributed by atoms with Crippen LogP contribution in [0.3, 0.4) is 0 Å². The Hall–Kier alpha value is -2.33. The van der Waals surface area contributed by atoms with Crippen LogP contribution in [0.15, 0.2) is 76.8 Å². The fourth-order valence-electron chi connectivity index (χ4n) is 3.21. The van der Waals surface area contributed by atoms with Crippen LogP contribution in [0.5, 0.6) is 0 Å². The van der Waals surface area contributed by atoms with Crippen molar-refractivity contribution in [1.29, 1.82) is 0 Å². The molecule has 2 N–H and O–H groups in total. The number of pyridine rings is 1. The lowest BCUT2D eigenvalue weighted by molar-refractivity contribution is 0.417. The fourth-order valence-corrected chi connectivity index (χ4v) is 6.29. The zero-order valence-electron chi connectivity index (χ0n) is 16.5. The maximum atomic E-state index is 13.5. The molecule has 0 aliphatic heterocycles. The van der Waals surface area contributed by atoms with Crippen LogP contribution < -0.4 is 5.73 Å². The van der Waals surface area contributed by atoms with E-state index in [0.29, 0.717) is 30.2 Å². The fraction of sp³-hybridized carbons (Fsp3) is 0.286. The van der Waals surface area contributed by atoms with Crippen LogP contribution in [0, 0.1) is 0 Å². The van der Waals surface area contributed by atoms with E-state index in [1.807, 2.05) is 0 Å². The number of aromatic nitrogens is 1. The second-order valence-corrected chi connectivity index (χ2v) is 10.9. The van der Waals surface area contributed by atoms with E-state index in [9.17, 15) is 16.8 Å². The Balaban J connectivity index is 1.92. The first-order chi connectivity index (χ1) is 14.4. The van der Waals surface area contributed by atoms with Gasteiger partial charge in [-0.1, -0.05) is 30.3 Å². The largest absolute Gasteiger partial charge is 0.330 e. The summed E-state index contributed by atoms with van der Waals surface area (Å²) in [7, 11) is -7.52. The molecule has 1 aromatic heterocycles. The van der Waals surface area contributed by atoms with Crippen molar-refractivity contribution < 1.29 is 16.8 Å². The van der Waals surface area contributed by atoms with E-state index in [-0.39, 0.29) is 28.6 Å². The first-order valence-corrected chi connectivity index (χ1v) is 12.8. The summed E-state index contributed by atoms with van der Waals surface area (Å²) in [5, 5.41) is 1.26. The summed E-state index contributed by atoms with van der Waals surface area (Å²) in [4.78, 5) is 4.37. The predicted octanol–water partition coefficient (Wildman–Crippen LogP) is 2.44. The van der Waals surface area contributed by atoms with Crippen LogP contribution in [0.25, 0.3) is 10.8 Å². The Morgan fingerprint density at radius 3 is 2.37 bits per heavy atom. The van der Waals surface area contributed by atoms with Crippen molar-refractivity contribution in [3.63, 3.8) is 0 Å². The van der Waals surface area contributed by atoms with Gasteiger partial charge in [0.25, 0.3) is 0 Å². The minimum atomic E-state index is -3.91. The highest BCUT2D eigenvalue weighted by atomic mass is 32.2. The molecule has 0 aliphatic carbocycles. The number of rotatable bonds is 10. The second kappa shape index (κ2) is 9.65. The molecule has 3 aromatic rings. The number of sulfonamides is 1. The van der Waals surface area contributed by atoms with E-state index in [4.69, 9.17) is 5.73 Å². The molecule has 0 saturated heterocycles. The molecule has 0 spiro atoms. The van der Waals surface area contributed by atoms with Gasteiger partial charge in [-0.3, -0.25) is 4.98 Å². The first-order valence-electron chi connectivity index (χ1n) is 9.67. The number of sulfone groups is 1. The van der Waals surface area contributed by atoms with Gasteiger partial charge in [0.15, 0.2) is 9.84 Å². The minimum absolute atomic E-state index is 0.133. The minimum Gasteiger partial charge on any atom is -0.330 e. The molecule has 0 amide bonds. The van der Waals surface area contributed by atoms with Gasteiger partial charge in [-0.15, -0.1) is 0 Å². The summed E-state index contributed by atoms with van der Waals surface area (Å²) in [6.45, 7) is 0.507. The first kappa shape index (κ1) is 22.4. The summed E-state index contributed by atoms with van der Waals surface area (Å²) in [5.41, 5.74) is 5.56. The van der Waals surface area contributed by atoms with Crippen molar-refractivity contribution in [2.75, 3.05) is 25.4 Å². The van der Waals surface area contributed by atoms with Gasteiger partial charge in [-0.05, 0) is 43.7 Å². The highest BCUT2D eigenvalue weighted by Crippen LogP contribution is 2.25. The smallest absolute Gasteiger partial charge is 0.243 e. The van der Waals surface area contributed by atoms with Crippen molar-refractivity contribution in [1.82, 2.24) is 9.29 Å². The summed E-state index contributed by atoms with van der Waals surface area (Å²) in [6.07, 6.45) is 4.34. The lowest BCUT2D eigenvalue weighted by Crippen LogP contribution is -2.36. The van der Waals surface area contributed by atoms with E-state index < -0.39 is 19.9 Å². The number of hydrogen-bond acceptors (Lipinski definition) is 6. The lowest BCUT2D eigenvalue weighted by atomic mass is 10.2. The molecule has 7 nitrogen and oxygen atoms in total. The third kappa shape index (κ3) is 5.04. The summed E-state index contributed by atoms with van der Waals surface area (Å²) < 4.78 is 53.6. The van der Waals surface area contributed by atoms with E-state index in [1.54, 1.807) is 54.9 Å². The topological polar surface area (TPSA) is 110 Å². The molecule has 1 heterocycles. The predicted molar refractivity (Wildman–Crippen MR) is 117 cm³/mol. The SMILES string of the molecule is NCCCCN(CCS(=O)(=O)c1ccccc1)S(=O)(=O)c1cccc2cnccc12. The Kier molecular flexibility index (Phi) is 7.19. The summed E-state index contributed by atoms with van der Waals surface area (Å²) >= 11 is 0. The highest BCUT2D eigenvalue weighted by Gasteiger charge is 2.28. The van der Waals surface area contributed by atoms with Gasteiger partial charge in [-0.25, -0.2) is 16.8 Å². The van der Waals surface area contributed by atoms with Crippen LogP contribution >= 0.6 is 0 Å². The number of unbranched alkanes of at least 4 members (excludes halogenated alkanes) is 1. The van der Waals surface area contributed by atoms with E-state index in [1.165, 1.54) is 16.4 Å². The molecule has 0 fully saturated rings. The molecule has 0 saturated carbocycles. The lowest BCUT2D eigenvalue weighted by Gasteiger charge is -2.23.